The summed E-state index contributed by atoms with van der Waals surface area (Å²) in [6.45, 7) is 6.38. The standard InChI is InChI=1S/C16H25NO2S/c1-5-17-15(16(2,3)20(4,18)19)14-10-9-12-7-6-8-13(12)11-14/h9-11,15,17H,5-8H2,1-4H3. The molecule has 1 aliphatic rings. The molecular formula is C16H25NO2S. The molecule has 2 rings (SSSR count). The molecule has 20 heavy (non-hydrogen) atoms. The summed E-state index contributed by atoms with van der Waals surface area (Å²) >= 11 is 0. The van der Waals surface area contributed by atoms with E-state index in [0.717, 1.165) is 24.9 Å². The van der Waals surface area contributed by atoms with Crippen molar-refractivity contribution in [1.29, 1.82) is 0 Å². The lowest BCUT2D eigenvalue weighted by atomic mass is 9.92. The number of sulfone groups is 1. The lowest BCUT2D eigenvalue weighted by Gasteiger charge is -2.34. The van der Waals surface area contributed by atoms with Crippen molar-refractivity contribution in [3.05, 3.63) is 34.9 Å². The highest BCUT2D eigenvalue weighted by atomic mass is 32.2. The number of aryl methyl sites for hydroxylation is 2. The van der Waals surface area contributed by atoms with Gasteiger partial charge < -0.3 is 5.32 Å². The van der Waals surface area contributed by atoms with E-state index in [0.29, 0.717) is 0 Å². The minimum absolute atomic E-state index is 0.173. The second-order valence-electron chi connectivity index (χ2n) is 6.25. The summed E-state index contributed by atoms with van der Waals surface area (Å²) in [7, 11) is -3.15. The van der Waals surface area contributed by atoms with E-state index in [-0.39, 0.29) is 6.04 Å². The summed E-state index contributed by atoms with van der Waals surface area (Å²) in [6.07, 6.45) is 4.79. The Kier molecular flexibility index (Phi) is 4.26. The maximum atomic E-state index is 12.1. The molecule has 1 N–H and O–H groups in total. The van der Waals surface area contributed by atoms with Gasteiger partial charge in [-0.25, -0.2) is 8.42 Å². The van der Waals surface area contributed by atoms with Crippen LogP contribution in [0.15, 0.2) is 18.2 Å². The number of hydrogen-bond donors (Lipinski definition) is 1. The van der Waals surface area contributed by atoms with Crippen LogP contribution in [0.1, 0.15) is 49.9 Å². The highest BCUT2D eigenvalue weighted by molar-refractivity contribution is 7.92. The first-order valence-corrected chi connectivity index (χ1v) is 9.21. The van der Waals surface area contributed by atoms with Crippen molar-refractivity contribution >= 4 is 9.84 Å². The summed E-state index contributed by atoms with van der Waals surface area (Å²) < 4.78 is 23.4. The van der Waals surface area contributed by atoms with Crippen LogP contribution in [0.25, 0.3) is 0 Å². The maximum absolute atomic E-state index is 12.1. The lowest BCUT2D eigenvalue weighted by molar-refractivity contribution is 0.428. The molecular weight excluding hydrogens is 270 g/mol. The first-order valence-electron chi connectivity index (χ1n) is 7.32. The molecule has 0 radical (unpaired) electrons. The predicted octanol–water partition coefficient (Wildman–Crippen LogP) is 2.65. The van der Waals surface area contributed by atoms with E-state index < -0.39 is 14.6 Å². The van der Waals surface area contributed by atoms with Gasteiger partial charge in [-0.3, -0.25) is 0 Å². The molecule has 0 amide bonds. The largest absolute Gasteiger partial charge is 0.309 e. The van der Waals surface area contributed by atoms with Gasteiger partial charge in [0.05, 0.1) is 10.8 Å². The number of benzene rings is 1. The van der Waals surface area contributed by atoms with Crippen LogP contribution in [0.3, 0.4) is 0 Å². The van der Waals surface area contributed by atoms with Crippen LogP contribution in [0.4, 0.5) is 0 Å². The number of fused-ring (bicyclic) bond motifs is 1. The van der Waals surface area contributed by atoms with E-state index in [1.165, 1.54) is 23.8 Å². The summed E-state index contributed by atoms with van der Waals surface area (Å²) in [5, 5.41) is 3.36. The molecule has 0 saturated heterocycles. The number of rotatable bonds is 5. The second-order valence-corrected chi connectivity index (χ2v) is 8.84. The van der Waals surface area contributed by atoms with Crippen molar-refractivity contribution in [3.8, 4) is 0 Å². The third-order valence-corrected chi connectivity index (χ3v) is 6.66. The van der Waals surface area contributed by atoms with Crippen molar-refractivity contribution in [2.24, 2.45) is 0 Å². The normalized spacial score (nSPS) is 17.0. The Morgan fingerprint density at radius 2 is 1.90 bits per heavy atom. The van der Waals surface area contributed by atoms with Gasteiger partial charge in [0.15, 0.2) is 9.84 Å². The molecule has 0 fully saturated rings. The van der Waals surface area contributed by atoms with Gasteiger partial charge in [-0.1, -0.05) is 25.1 Å². The summed E-state index contributed by atoms with van der Waals surface area (Å²) in [6, 6.07) is 6.28. The number of nitrogens with one attached hydrogen (secondary N) is 1. The van der Waals surface area contributed by atoms with E-state index in [9.17, 15) is 8.42 Å². The van der Waals surface area contributed by atoms with Crippen LogP contribution in [0, 0.1) is 0 Å². The molecule has 1 aromatic rings. The summed E-state index contributed by atoms with van der Waals surface area (Å²) in [5.41, 5.74) is 3.89. The van der Waals surface area contributed by atoms with Crippen LogP contribution in [0.5, 0.6) is 0 Å². The molecule has 1 unspecified atom stereocenters. The van der Waals surface area contributed by atoms with Crippen LogP contribution in [-0.4, -0.2) is 26.0 Å². The molecule has 0 heterocycles. The quantitative estimate of drug-likeness (QED) is 0.908. The second kappa shape index (κ2) is 5.49. The Balaban J connectivity index is 2.44. The topological polar surface area (TPSA) is 46.2 Å². The van der Waals surface area contributed by atoms with E-state index in [4.69, 9.17) is 0 Å². The van der Waals surface area contributed by atoms with Gasteiger partial charge in [0, 0.05) is 6.26 Å². The lowest BCUT2D eigenvalue weighted by Crippen LogP contribution is -2.45. The van der Waals surface area contributed by atoms with Gasteiger partial charge in [-0.2, -0.15) is 0 Å². The van der Waals surface area contributed by atoms with Crippen molar-refractivity contribution in [2.45, 2.75) is 50.8 Å². The molecule has 0 aliphatic heterocycles. The first kappa shape index (κ1) is 15.5. The van der Waals surface area contributed by atoms with Gasteiger partial charge in [-0.15, -0.1) is 0 Å². The van der Waals surface area contributed by atoms with Crippen molar-refractivity contribution in [1.82, 2.24) is 5.32 Å². The Morgan fingerprint density at radius 3 is 2.50 bits per heavy atom. The van der Waals surface area contributed by atoms with Crippen molar-refractivity contribution < 1.29 is 8.42 Å². The molecule has 0 saturated carbocycles. The van der Waals surface area contributed by atoms with Crippen LogP contribution in [0.2, 0.25) is 0 Å². The molecule has 3 nitrogen and oxygen atoms in total. The average Bonchev–Trinajstić information content (AvgIpc) is 2.81. The average molecular weight is 295 g/mol. The van der Waals surface area contributed by atoms with E-state index in [1.54, 1.807) is 0 Å². The van der Waals surface area contributed by atoms with Crippen LogP contribution < -0.4 is 5.32 Å². The minimum Gasteiger partial charge on any atom is -0.309 e. The molecule has 112 valence electrons. The maximum Gasteiger partial charge on any atom is 0.154 e. The molecule has 1 aromatic carbocycles. The third-order valence-electron chi connectivity index (χ3n) is 4.51. The Labute approximate surface area is 122 Å². The van der Waals surface area contributed by atoms with Gasteiger partial charge in [-0.05, 0) is 56.3 Å². The van der Waals surface area contributed by atoms with Crippen LogP contribution in [-0.2, 0) is 22.7 Å². The zero-order chi connectivity index (χ0) is 15.0. The molecule has 0 aromatic heterocycles. The van der Waals surface area contributed by atoms with Gasteiger partial charge in [0.2, 0.25) is 0 Å². The first-order chi connectivity index (χ1) is 9.27. The Hall–Kier alpha value is -0.870. The van der Waals surface area contributed by atoms with E-state index >= 15 is 0 Å². The molecule has 0 bridgehead atoms. The van der Waals surface area contributed by atoms with E-state index in [1.807, 2.05) is 20.8 Å². The van der Waals surface area contributed by atoms with Gasteiger partial charge >= 0.3 is 0 Å². The highest BCUT2D eigenvalue weighted by Gasteiger charge is 2.39. The van der Waals surface area contributed by atoms with Gasteiger partial charge in [0.25, 0.3) is 0 Å². The third kappa shape index (κ3) is 2.77. The van der Waals surface area contributed by atoms with Crippen molar-refractivity contribution in [2.75, 3.05) is 12.8 Å². The fourth-order valence-corrected chi connectivity index (χ4v) is 3.60. The van der Waals surface area contributed by atoms with E-state index in [2.05, 4.69) is 23.5 Å². The zero-order valence-corrected chi connectivity index (χ0v) is 13.7. The summed E-state index contributed by atoms with van der Waals surface area (Å²) in [4.78, 5) is 0. The Morgan fingerprint density at radius 1 is 1.25 bits per heavy atom. The number of hydrogen-bond acceptors (Lipinski definition) is 3. The minimum atomic E-state index is -3.15. The SMILES string of the molecule is CCNC(c1ccc2c(c1)CCC2)C(C)(C)S(C)(=O)=O. The molecule has 1 aliphatic carbocycles. The smallest absolute Gasteiger partial charge is 0.154 e. The fraction of sp³-hybridized carbons (Fsp3) is 0.625. The zero-order valence-electron chi connectivity index (χ0n) is 12.9. The molecule has 4 heteroatoms. The summed E-state index contributed by atoms with van der Waals surface area (Å²) in [5.74, 6) is 0. The molecule has 1 atom stereocenters. The highest BCUT2D eigenvalue weighted by Crippen LogP contribution is 2.34. The van der Waals surface area contributed by atoms with Gasteiger partial charge in [0.1, 0.15) is 0 Å². The molecule has 0 spiro atoms. The van der Waals surface area contributed by atoms with Crippen molar-refractivity contribution in [3.63, 3.8) is 0 Å². The van der Waals surface area contributed by atoms with Crippen LogP contribution >= 0.6 is 0 Å². The monoisotopic (exact) mass is 295 g/mol. The predicted molar refractivity (Wildman–Crippen MR) is 83.8 cm³/mol. The Bertz CT molecular complexity index is 590. The fourth-order valence-electron chi connectivity index (χ4n) is 2.95.